The Hall–Kier alpha value is -0.120. The maximum atomic E-state index is 6.16. The smallest absolute Gasteiger partial charge is 0.0698 e. The van der Waals surface area contributed by atoms with Crippen LogP contribution >= 0.6 is 0 Å². The van der Waals surface area contributed by atoms with E-state index in [-0.39, 0.29) is 5.54 Å². The van der Waals surface area contributed by atoms with Gasteiger partial charge in [0.05, 0.1) is 6.10 Å². The quantitative estimate of drug-likeness (QED) is 0.837. The van der Waals surface area contributed by atoms with Gasteiger partial charge in [0.2, 0.25) is 0 Å². The summed E-state index contributed by atoms with van der Waals surface area (Å²) in [5, 5.41) is 0. The highest BCUT2D eigenvalue weighted by atomic mass is 16.5. The van der Waals surface area contributed by atoms with Crippen LogP contribution in [0.5, 0.6) is 0 Å². The lowest BCUT2D eigenvalue weighted by Gasteiger charge is -2.50. The van der Waals surface area contributed by atoms with E-state index in [2.05, 4.69) is 11.8 Å². The molecule has 1 aliphatic carbocycles. The molecule has 0 aromatic carbocycles. The van der Waals surface area contributed by atoms with Gasteiger partial charge >= 0.3 is 0 Å². The fraction of sp³-hybridized carbons (Fsp3) is 1.00. The monoisotopic (exact) mass is 254 g/mol. The van der Waals surface area contributed by atoms with E-state index in [0.29, 0.717) is 6.10 Å². The molecule has 0 amide bonds. The molecule has 0 spiro atoms. The highest BCUT2D eigenvalue weighted by Crippen LogP contribution is 2.38. The first kappa shape index (κ1) is 14.3. The number of nitrogens with zero attached hydrogens (tertiary/aromatic N) is 1. The molecule has 1 heterocycles. The Kier molecular flexibility index (Phi) is 5.05. The number of nitrogens with two attached hydrogens (primary N) is 1. The summed E-state index contributed by atoms with van der Waals surface area (Å²) >= 11 is 0. The zero-order chi connectivity index (χ0) is 13.0. The van der Waals surface area contributed by atoms with Crippen LogP contribution in [-0.4, -0.2) is 43.3 Å². The SMILES string of the molecule is CCC1CCC(CN)(N2CCCC(OC)C2)CC1. The Balaban J connectivity index is 1.99. The van der Waals surface area contributed by atoms with Crippen LogP contribution in [0.25, 0.3) is 0 Å². The van der Waals surface area contributed by atoms with Gasteiger partial charge in [0.25, 0.3) is 0 Å². The average molecular weight is 254 g/mol. The molecular formula is C15H30N2O. The van der Waals surface area contributed by atoms with Gasteiger partial charge in [-0.15, -0.1) is 0 Å². The number of hydrogen-bond donors (Lipinski definition) is 1. The molecule has 3 nitrogen and oxygen atoms in total. The molecule has 0 radical (unpaired) electrons. The van der Waals surface area contributed by atoms with Gasteiger partial charge in [-0.2, -0.15) is 0 Å². The Morgan fingerprint density at radius 3 is 2.56 bits per heavy atom. The molecule has 0 aromatic heterocycles. The second kappa shape index (κ2) is 6.36. The van der Waals surface area contributed by atoms with Crippen molar-refractivity contribution in [3.05, 3.63) is 0 Å². The fourth-order valence-electron chi connectivity index (χ4n) is 3.83. The van der Waals surface area contributed by atoms with Crippen LogP contribution in [-0.2, 0) is 4.74 Å². The second-order valence-corrected chi connectivity index (χ2v) is 6.23. The molecule has 0 aromatic rings. The van der Waals surface area contributed by atoms with Crippen molar-refractivity contribution in [3.63, 3.8) is 0 Å². The van der Waals surface area contributed by atoms with Crippen LogP contribution in [0.2, 0.25) is 0 Å². The van der Waals surface area contributed by atoms with Crippen LogP contribution in [0.1, 0.15) is 51.9 Å². The van der Waals surface area contributed by atoms with Gasteiger partial charge in [0.15, 0.2) is 0 Å². The first-order valence-electron chi connectivity index (χ1n) is 7.72. The molecule has 1 saturated heterocycles. The van der Waals surface area contributed by atoms with Gasteiger partial charge in [0.1, 0.15) is 0 Å². The molecule has 106 valence electrons. The molecule has 2 N–H and O–H groups in total. The van der Waals surface area contributed by atoms with E-state index < -0.39 is 0 Å². The van der Waals surface area contributed by atoms with Crippen LogP contribution < -0.4 is 5.73 Å². The van der Waals surface area contributed by atoms with Crippen molar-refractivity contribution in [2.75, 3.05) is 26.7 Å². The molecule has 0 bridgehead atoms. The molecule has 3 heteroatoms. The fourth-order valence-corrected chi connectivity index (χ4v) is 3.83. The van der Waals surface area contributed by atoms with Crippen molar-refractivity contribution < 1.29 is 4.74 Å². The lowest BCUT2D eigenvalue weighted by atomic mass is 9.74. The van der Waals surface area contributed by atoms with Gasteiger partial charge in [0, 0.05) is 25.7 Å². The molecule has 2 aliphatic rings. The second-order valence-electron chi connectivity index (χ2n) is 6.23. The lowest BCUT2D eigenvalue weighted by Crippen LogP contribution is -2.59. The predicted molar refractivity (Wildman–Crippen MR) is 75.6 cm³/mol. The van der Waals surface area contributed by atoms with Crippen LogP contribution in [0.3, 0.4) is 0 Å². The number of rotatable bonds is 4. The maximum absolute atomic E-state index is 6.16. The third-order valence-corrected chi connectivity index (χ3v) is 5.38. The minimum atomic E-state index is 0.281. The van der Waals surface area contributed by atoms with Gasteiger partial charge < -0.3 is 10.5 Å². The first-order chi connectivity index (χ1) is 8.74. The summed E-state index contributed by atoms with van der Waals surface area (Å²) < 4.78 is 5.56. The van der Waals surface area contributed by atoms with Crippen molar-refractivity contribution in [2.24, 2.45) is 11.7 Å². The van der Waals surface area contributed by atoms with Crippen molar-refractivity contribution in [3.8, 4) is 0 Å². The van der Waals surface area contributed by atoms with E-state index in [1.165, 1.54) is 51.5 Å². The van der Waals surface area contributed by atoms with E-state index in [4.69, 9.17) is 10.5 Å². The molecule has 1 unspecified atom stereocenters. The minimum absolute atomic E-state index is 0.281. The maximum Gasteiger partial charge on any atom is 0.0698 e. The standard InChI is InChI=1S/C15H30N2O/c1-3-13-6-8-15(12-16,9-7-13)17-10-4-5-14(11-17)18-2/h13-14H,3-12,16H2,1-2H3. The molecule has 1 saturated carbocycles. The van der Waals surface area contributed by atoms with E-state index in [1.54, 1.807) is 0 Å². The normalized spacial score (nSPS) is 38.8. The van der Waals surface area contributed by atoms with E-state index >= 15 is 0 Å². The number of hydrogen-bond acceptors (Lipinski definition) is 3. The Morgan fingerprint density at radius 2 is 2.00 bits per heavy atom. The van der Waals surface area contributed by atoms with Gasteiger partial charge in [-0.3, -0.25) is 4.90 Å². The summed E-state index contributed by atoms with van der Waals surface area (Å²) in [5.74, 6) is 0.938. The molecule has 2 fully saturated rings. The van der Waals surface area contributed by atoms with Crippen molar-refractivity contribution >= 4 is 0 Å². The number of piperidine rings is 1. The highest BCUT2D eigenvalue weighted by molar-refractivity contribution is 4.97. The topological polar surface area (TPSA) is 38.5 Å². The molecule has 18 heavy (non-hydrogen) atoms. The van der Waals surface area contributed by atoms with Crippen molar-refractivity contribution in [2.45, 2.75) is 63.5 Å². The zero-order valence-corrected chi connectivity index (χ0v) is 12.2. The molecule has 1 aliphatic heterocycles. The van der Waals surface area contributed by atoms with Crippen LogP contribution in [0.15, 0.2) is 0 Å². The minimum Gasteiger partial charge on any atom is -0.380 e. The molecular weight excluding hydrogens is 224 g/mol. The summed E-state index contributed by atoms with van der Waals surface area (Å²) in [7, 11) is 1.84. The zero-order valence-electron chi connectivity index (χ0n) is 12.2. The summed E-state index contributed by atoms with van der Waals surface area (Å²) in [5.41, 5.74) is 6.44. The first-order valence-corrected chi connectivity index (χ1v) is 7.72. The van der Waals surface area contributed by atoms with E-state index in [0.717, 1.165) is 19.0 Å². The third kappa shape index (κ3) is 2.89. The summed E-state index contributed by atoms with van der Waals surface area (Å²) in [6.45, 7) is 5.44. The summed E-state index contributed by atoms with van der Waals surface area (Å²) in [6, 6.07) is 0. The van der Waals surface area contributed by atoms with Crippen LogP contribution in [0, 0.1) is 5.92 Å². The van der Waals surface area contributed by atoms with Gasteiger partial charge in [-0.25, -0.2) is 0 Å². The Bertz CT molecular complexity index is 249. The van der Waals surface area contributed by atoms with E-state index in [9.17, 15) is 0 Å². The Labute approximate surface area is 112 Å². The summed E-state index contributed by atoms with van der Waals surface area (Å²) in [4.78, 5) is 2.65. The van der Waals surface area contributed by atoms with E-state index in [1.807, 2.05) is 7.11 Å². The Morgan fingerprint density at radius 1 is 1.28 bits per heavy atom. The third-order valence-electron chi connectivity index (χ3n) is 5.38. The van der Waals surface area contributed by atoms with Crippen molar-refractivity contribution in [1.29, 1.82) is 0 Å². The number of likely N-dealkylation sites (tertiary alicyclic amines) is 1. The highest BCUT2D eigenvalue weighted by Gasteiger charge is 2.40. The van der Waals surface area contributed by atoms with Crippen molar-refractivity contribution in [1.82, 2.24) is 4.90 Å². The van der Waals surface area contributed by atoms with Crippen LogP contribution in [0.4, 0.5) is 0 Å². The molecule has 2 rings (SSSR count). The lowest BCUT2D eigenvalue weighted by molar-refractivity contribution is -0.0356. The van der Waals surface area contributed by atoms with Gasteiger partial charge in [-0.05, 0) is 51.0 Å². The largest absolute Gasteiger partial charge is 0.380 e. The average Bonchev–Trinajstić information content (AvgIpc) is 2.47. The van der Waals surface area contributed by atoms with Gasteiger partial charge in [-0.1, -0.05) is 13.3 Å². The molecule has 1 atom stereocenters. The number of methoxy groups -OCH3 is 1. The predicted octanol–water partition coefficient (Wildman–Crippen LogP) is 2.39. The summed E-state index contributed by atoms with van der Waals surface area (Å²) in [6.07, 6.45) is 9.54. The number of ether oxygens (including phenoxy) is 1.